The molecule has 0 atom stereocenters. The van der Waals surface area contributed by atoms with Crippen LogP contribution in [0, 0.1) is 0 Å². The second-order valence-corrected chi connectivity index (χ2v) is 10.2. The molecule has 2 aromatic heterocycles. The van der Waals surface area contributed by atoms with Crippen LogP contribution >= 0.6 is 0 Å². The lowest BCUT2D eigenvalue weighted by Gasteiger charge is -2.18. The summed E-state index contributed by atoms with van der Waals surface area (Å²) in [7, 11) is 0. The van der Waals surface area contributed by atoms with Crippen LogP contribution in [0.25, 0.3) is 88.0 Å². The number of furan rings is 2. The first-order valence-corrected chi connectivity index (χ1v) is 13.6. The lowest BCUT2D eigenvalue weighted by Crippen LogP contribution is -1.91. The van der Waals surface area contributed by atoms with Crippen LogP contribution in [0.4, 0.5) is 0 Å². The molecule has 0 aliphatic heterocycles. The molecule has 0 fully saturated rings. The molecule has 0 radical (unpaired) electrons. The van der Waals surface area contributed by atoms with Crippen LogP contribution < -0.4 is 0 Å². The third kappa shape index (κ3) is 3.33. The fraction of sp³-hybridized carbons (Fsp3) is 0. The molecule has 0 aliphatic carbocycles. The second kappa shape index (κ2) is 8.95. The fourth-order valence-corrected chi connectivity index (χ4v) is 6.12. The van der Waals surface area contributed by atoms with Gasteiger partial charge in [-0.05, 0) is 50.9 Å². The Labute approximate surface area is 253 Å². The maximum atomic E-state index is 9.38. The Balaban J connectivity index is 1.61. The average Bonchev–Trinajstić information content (AvgIpc) is 3.70. The van der Waals surface area contributed by atoms with Gasteiger partial charge < -0.3 is 8.83 Å². The zero-order valence-electron chi connectivity index (χ0n) is 30.1. The predicted octanol–water partition coefficient (Wildman–Crippen LogP) is 11.6. The highest BCUT2D eigenvalue weighted by Crippen LogP contribution is 2.50. The van der Waals surface area contributed by atoms with Gasteiger partial charge in [-0.15, -0.1) is 0 Å². The molecule has 0 aliphatic rings. The summed E-state index contributed by atoms with van der Waals surface area (Å²) in [6.07, 6.45) is 0. The Morgan fingerprint density at radius 1 is 0.381 bits per heavy atom. The fourth-order valence-electron chi connectivity index (χ4n) is 6.12. The van der Waals surface area contributed by atoms with E-state index in [-0.39, 0.29) is 51.3 Å². The Bertz CT molecular complexity index is 2810. The standard InChI is InChI=1S/C40H24O2/c1-3-13-25(14-4-1)37-28-18-7-9-20-30(28)38(31-21-10-8-19-29(31)37)39-33-24-35-32(27-17-11-12-22-34(27)41-35)23-36(33)42-40(39)26-15-5-2-6-16-26/h1-24H/i7D,8D,9D,10D,18D,19D,20D,21D. The van der Waals surface area contributed by atoms with E-state index in [0.717, 1.165) is 10.8 Å². The van der Waals surface area contributed by atoms with E-state index < -0.39 is 24.2 Å². The van der Waals surface area contributed by atoms with E-state index in [1.165, 1.54) is 0 Å². The summed E-state index contributed by atoms with van der Waals surface area (Å²) in [5, 5.41) is 2.82. The van der Waals surface area contributed by atoms with Gasteiger partial charge in [0.25, 0.3) is 0 Å². The Hall–Kier alpha value is -5.60. The maximum absolute atomic E-state index is 9.38. The van der Waals surface area contributed by atoms with Crippen LogP contribution in [0.5, 0.6) is 0 Å². The first-order chi connectivity index (χ1) is 24.2. The van der Waals surface area contributed by atoms with Gasteiger partial charge in [0.2, 0.25) is 0 Å². The molecule has 2 heterocycles. The van der Waals surface area contributed by atoms with Crippen molar-refractivity contribution < 1.29 is 19.8 Å². The molecule has 9 rings (SSSR count). The van der Waals surface area contributed by atoms with Crippen molar-refractivity contribution >= 4 is 54.5 Å². The summed E-state index contributed by atoms with van der Waals surface area (Å²) >= 11 is 0. The molecular weight excluding hydrogens is 512 g/mol. The third-order valence-electron chi connectivity index (χ3n) is 7.91. The molecule has 0 saturated carbocycles. The second-order valence-electron chi connectivity index (χ2n) is 10.2. The number of hydrogen-bond acceptors (Lipinski definition) is 2. The normalized spacial score (nSPS) is 14.5. The summed E-state index contributed by atoms with van der Waals surface area (Å²) in [6.45, 7) is 0. The molecular formula is C40H24O2. The molecule has 9 aromatic rings. The van der Waals surface area contributed by atoms with Crippen molar-refractivity contribution in [3.05, 3.63) is 145 Å². The molecule has 0 amide bonds. The molecule has 2 nitrogen and oxygen atoms in total. The quantitative estimate of drug-likeness (QED) is 0.207. The third-order valence-corrected chi connectivity index (χ3v) is 7.91. The van der Waals surface area contributed by atoms with Gasteiger partial charge in [0.1, 0.15) is 22.5 Å². The lowest BCUT2D eigenvalue weighted by atomic mass is 9.84. The summed E-state index contributed by atoms with van der Waals surface area (Å²) in [5.74, 6) is 0.382. The highest BCUT2D eigenvalue weighted by atomic mass is 16.3. The summed E-state index contributed by atoms with van der Waals surface area (Å²) in [4.78, 5) is 0. The van der Waals surface area contributed by atoms with Gasteiger partial charge in [0.05, 0.1) is 11.0 Å². The Morgan fingerprint density at radius 2 is 0.905 bits per heavy atom. The summed E-state index contributed by atoms with van der Waals surface area (Å²) in [5.41, 5.74) is 3.91. The zero-order chi connectivity index (χ0) is 34.6. The van der Waals surface area contributed by atoms with Gasteiger partial charge in [0.15, 0.2) is 0 Å². The van der Waals surface area contributed by atoms with E-state index in [0.29, 0.717) is 50.1 Å². The number of hydrogen-bond donors (Lipinski definition) is 0. The van der Waals surface area contributed by atoms with Gasteiger partial charge in [-0.25, -0.2) is 0 Å². The van der Waals surface area contributed by atoms with Crippen molar-refractivity contribution in [3.63, 3.8) is 0 Å². The van der Waals surface area contributed by atoms with Gasteiger partial charge >= 0.3 is 0 Å². The highest BCUT2D eigenvalue weighted by molar-refractivity contribution is 6.25. The van der Waals surface area contributed by atoms with E-state index in [4.69, 9.17) is 14.3 Å². The summed E-state index contributed by atoms with van der Waals surface area (Å²) < 4.78 is 85.3. The van der Waals surface area contributed by atoms with Crippen LogP contribution in [0.1, 0.15) is 11.0 Å². The highest BCUT2D eigenvalue weighted by Gasteiger charge is 2.25. The first kappa shape index (κ1) is 16.6. The molecule has 2 heteroatoms. The minimum absolute atomic E-state index is 0.122. The van der Waals surface area contributed by atoms with Crippen LogP contribution in [0.2, 0.25) is 0 Å². The van der Waals surface area contributed by atoms with Gasteiger partial charge in [0, 0.05) is 32.8 Å². The molecule has 0 N–H and O–H groups in total. The first-order valence-electron chi connectivity index (χ1n) is 17.6. The van der Waals surface area contributed by atoms with E-state index in [2.05, 4.69) is 0 Å². The van der Waals surface area contributed by atoms with Crippen LogP contribution in [-0.4, -0.2) is 0 Å². The van der Waals surface area contributed by atoms with Gasteiger partial charge in [-0.1, -0.05) is 127 Å². The van der Waals surface area contributed by atoms with E-state index in [1.54, 1.807) is 24.3 Å². The lowest BCUT2D eigenvalue weighted by molar-refractivity contribution is 0.632. The van der Waals surface area contributed by atoms with Crippen molar-refractivity contribution in [2.24, 2.45) is 0 Å². The molecule has 0 spiro atoms. The molecule has 0 saturated heterocycles. The minimum atomic E-state index is -0.461. The Kier molecular flexibility index (Phi) is 3.54. The molecule has 0 bridgehead atoms. The van der Waals surface area contributed by atoms with Crippen LogP contribution in [0.15, 0.2) is 154 Å². The molecule has 196 valence electrons. The van der Waals surface area contributed by atoms with Gasteiger partial charge in [-0.2, -0.15) is 0 Å². The number of fused-ring (bicyclic) bond motifs is 6. The van der Waals surface area contributed by atoms with E-state index in [1.807, 2.05) is 72.8 Å². The SMILES string of the molecule is [2H]c1c([2H])c([2H])c2c(-c3c(-c4ccccc4)oc4cc5c(cc34)oc3ccccc35)c3c([2H])c([2H])c([2H])c([2H])c3c(-c3ccccc3)c2c1[2H]. The molecule has 0 unspecified atom stereocenters. The summed E-state index contributed by atoms with van der Waals surface area (Å²) in [6, 6.07) is 26.5. The van der Waals surface area contributed by atoms with Gasteiger partial charge in [-0.3, -0.25) is 0 Å². The molecule has 7 aromatic carbocycles. The smallest absolute Gasteiger partial charge is 0.143 e. The minimum Gasteiger partial charge on any atom is -0.456 e. The average molecular weight is 545 g/mol. The molecule has 42 heavy (non-hydrogen) atoms. The predicted molar refractivity (Wildman–Crippen MR) is 175 cm³/mol. The van der Waals surface area contributed by atoms with Crippen molar-refractivity contribution in [2.75, 3.05) is 0 Å². The Morgan fingerprint density at radius 3 is 1.57 bits per heavy atom. The topological polar surface area (TPSA) is 26.3 Å². The number of benzene rings is 7. The van der Waals surface area contributed by atoms with Crippen molar-refractivity contribution in [1.29, 1.82) is 0 Å². The van der Waals surface area contributed by atoms with Crippen LogP contribution in [-0.2, 0) is 0 Å². The van der Waals surface area contributed by atoms with Crippen LogP contribution in [0.3, 0.4) is 0 Å². The zero-order valence-corrected chi connectivity index (χ0v) is 22.1. The van der Waals surface area contributed by atoms with Crippen molar-refractivity contribution in [2.45, 2.75) is 0 Å². The van der Waals surface area contributed by atoms with Crippen molar-refractivity contribution in [1.82, 2.24) is 0 Å². The largest absolute Gasteiger partial charge is 0.456 e. The monoisotopic (exact) mass is 544 g/mol. The van der Waals surface area contributed by atoms with E-state index >= 15 is 0 Å². The van der Waals surface area contributed by atoms with Crippen molar-refractivity contribution in [3.8, 4) is 33.6 Å². The van der Waals surface area contributed by atoms with E-state index in [9.17, 15) is 5.48 Å². The maximum Gasteiger partial charge on any atom is 0.143 e. The number of para-hydroxylation sites is 1. The number of rotatable bonds is 3.